The lowest BCUT2D eigenvalue weighted by atomic mass is 9.58. The Balaban J connectivity index is 1.47. The van der Waals surface area contributed by atoms with Crippen LogP contribution in [-0.4, -0.2) is 24.9 Å². The Morgan fingerprint density at radius 3 is 1.93 bits per heavy atom. The molecule has 5 heterocycles. The summed E-state index contributed by atoms with van der Waals surface area (Å²) in [6.45, 7) is 0. The van der Waals surface area contributed by atoms with Gasteiger partial charge in [0.15, 0.2) is 11.4 Å². The van der Waals surface area contributed by atoms with Crippen LogP contribution in [0.2, 0.25) is 0 Å². The van der Waals surface area contributed by atoms with Crippen LogP contribution >= 0.6 is 0 Å². The summed E-state index contributed by atoms with van der Waals surface area (Å²) in [5, 5.41) is 5.43. The third-order valence-corrected chi connectivity index (χ3v) is 11.8. The second kappa shape index (κ2) is 13.1. The molecule has 0 bridgehead atoms. The lowest BCUT2D eigenvalue weighted by molar-refractivity contribution is 0.306. The van der Waals surface area contributed by atoms with E-state index < -0.39 is 11.1 Å². The van der Waals surface area contributed by atoms with Crippen molar-refractivity contribution >= 4 is 38.3 Å². The van der Waals surface area contributed by atoms with Gasteiger partial charge in [-0.3, -0.25) is 9.97 Å². The van der Waals surface area contributed by atoms with Crippen LogP contribution in [0, 0.1) is 0 Å². The first-order chi connectivity index (χ1) is 28.3. The number of nitrogens with zero attached hydrogens (tertiary/aromatic N) is 5. The third-order valence-electron chi connectivity index (χ3n) is 11.8. The van der Waals surface area contributed by atoms with Gasteiger partial charge in [-0.05, 0) is 74.8 Å². The molecule has 0 saturated carbocycles. The van der Waals surface area contributed by atoms with Gasteiger partial charge in [0.2, 0.25) is 0 Å². The van der Waals surface area contributed by atoms with E-state index in [4.69, 9.17) is 19.9 Å². The fourth-order valence-corrected chi connectivity index (χ4v) is 9.71. The number of H-pyrrole nitrogens is 1. The zero-order valence-corrected chi connectivity index (χ0v) is 30.9. The number of fused-ring (bicyclic) bond motifs is 4. The molecule has 11 rings (SSSR count). The Bertz CT molecular complexity index is 3010. The average Bonchev–Trinajstić information content (AvgIpc) is 3.72. The summed E-state index contributed by atoms with van der Waals surface area (Å²) >= 11 is 0. The van der Waals surface area contributed by atoms with Gasteiger partial charge in [0.05, 0.1) is 11.4 Å². The number of rotatable bonds is 6. The minimum atomic E-state index is -1.24. The first-order valence-corrected chi connectivity index (χ1v) is 19.3. The molecule has 0 amide bonds. The molecule has 6 nitrogen and oxygen atoms in total. The molecule has 270 valence electrons. The lowest BCUT2D eigenvalue weighted by Gasteiger charge is -2.61. The Labute approximate surface area is 330 Å². The molecule has 1 aliphatic heterocycles. The summed E-state index contributed by atoms with van der Waals surface area (Å²) in [7, 11) is 0. The van der Waals surface area contributed by atoms with Gasteiger partial charge in [-0.1, -0.05) is 146 Å². The second-order valence-electron chi connectivity index (χ2n) is 14.7. The molecule has 0 saturated heterocycles. The molecule has 57 heavy (non-hydrogen) atoms. The zero-order chi connectivity index (χ0) is 37.8. The molecule has 3 atom stereocenters. The van der Waals surface area contributed by atoms with E-state index in [1.165, 1.54) is 0 Å². The number of benzene rings is 6. The standard InChI is InChI=1S/C51H36N6/c1-2-18-37(19-3-1)47-41-24-9-10-25-43(41)51(49-54-31-15-32-55-49,48-40-23-8-5-17-36(40)29-33-53-48)57(46-34-38-20-6-11-27-44(38)56-46)50(47,45-28-12-13-30-52-45)42-26-14-21-35-16-4-7-22-39(35)42/h1-34,47,56H. The Morgan fingerprint density at radius 1 is 0.474 bits per heavy atom. The van der Waals surface area contributed by atoms with Crippen LogP contribution in [0.25, 0.3) is 32.4 Å². The van der Waals surface area contributed by atoms with Gasteiger partial charge < -0.3 is 9.88 Å². The highest BCUT2D eigenvalue weighted by molar-refractivity contribution is 5.93. The maximum Gasteiger partial charge on any atom is 0.171 e. The first kappa shape index (κ1) is 32.9. The van der Waals surface area contributed by atoms with Crippen molar-refractivity contribution in [3.05, 3.63) is 246 Å². The minimum Gasteiger partial charge on any atom is -0.341 e. The topological polar surface area (TPSA) is 70.6 Å². The van der Waals surface area contributed by atoms with Crippen molar-refractivity contribution in [3.8, 4) is 0 Å². The van der Waals surface area contributed by atoms with Gasteiger partial charge in [0.25, 0.3) is 0 Å². The van der Waals surface area contributed by atoms with Crippen LogP contribution in [0.1, 0.15) is 45.4 Å². The summed E-state index contributed by atoms with van der Waals surface area (Å²) in [4.78, 5) is 28.0. The van der Waals surface area contributed by atoms with Crippen molar-refractivity contribution in [1.29, 1.82) is 0 Å². The van der Waals surface area contributed by atoms with E-state index >= 15 is 0 Å². The summed E-state index contributed by atoms with van der Waals surface area (Å²) in [5.74, 6) is 1.19. The van der Waals surface area contributed by atoms with E-state index in [0.717, 1.165) is 71.9 Å². The molecule has 6 heteroatoms. The summed E-state index contributed by atoms with van der Waals surface area (Å²) in [6, 6.07) is 64.7. The van der Waals surface area contributed by atoms with Crippen LogP contribution < -0.4 is 4.90 Å². The molecule has 3 unspecified atom stereocenters. The predicted molar refractivity (Wildman–Crippen MR) is 228 cm³/mol. The van der Waals surface area contributed by atoms with Gasteiger partial charge in [-0.2, -0.15) is 0 Å². The zero-order valence-electron chi connectivity index (χ0n) is 30.9. The number of nitrogens with one attached hydrogen (secondary N) is 1. The molecule has 10 aromatic rings. The molecular weight excluding hydrogens is 697 g/mol. The third kappa shape index (κ3) is 4.77. The summed E-state index contributed by atoms with van der Waals surface area (Å²) < 4.78 is 0. The number of para-hydroxylation sites is 1. The van der Waals surface area contributed by atoms with Crippen LogP contribution in [0.3, 0.4) is 0 Å². The Kier molecular flexibility index (Phi) is 7.57. The van der Waals surface area contributed by atoms with Crippen LogP contribution in [0.5, 0.6) is 0 Å². The van der Waals surface area contributed by atoms with E-state index in [0.29, 0.717) is 5.82 Å². The van der Waals surface area contributed by atoms with E-state index in [-0.39, 0.29) is 5.92 Å². The molecular formula is C51H36N6. The minimum absolute atomic E-state index is 0.297. The number of aromatic amines is 1. The SMILES string of the molecule is c1ccc(C2c3ccccc3C(c3ncccn3)(c3nccc4ccccc34)N(c3cc4ccccc4[nH]3)C2(c2ccccn2)c2cccc3ccccc23)cc1. The highest BCUT2D eigenvalue weighted by Crippen LogP contribution is 2.64. The van der Waals surface area contributed by atoms with Crippen LogP contribution in [0.15, 0.2) is 207 Å². The largest absolute Gasteiger partial charge is 0.341 e. The van der Waals surface area contributed by atoms with E-state index in [9.17, 15) is 0 Å². The fourth-order valence-electron chi connectivity index (χ4n) is 9.71. The fraction of sp³-hybridized carbons (Fsp3) is 0.0588. The monoisotopic (exact) mass is 732 g/mol. The average molecular weight is 733 g/mol. The maximum atomic E-state index is 5.46. The number of hydrogen-bond donors (Lipinski definition) is 1. The predicted octanol–water partition coefficient (Wildman–Crippen LogP) is 10.9. The quantitative estimate of drug-likeness (QED) is 0.184. The second-order valence-corrected chi connectivity index (χ2v) is 14.7. The normalized spacial score (nSPS) is 19.2. The molecule has 0 fully saturated rings. The number of hydrogen-bond acceptors (Lipinski definition) is 5. The molecule has 0 aliphatic carbocycles. The van der Waals surface area contributed by atoms with Crippen LogP contribution in [-0.2, 0) is 11.1 Å². The van der Waals surface area contributed by atoms with Crippen molar-refractivity contribution < 1.29 is 0 Å². The van der Waals surface area contributed by atoms with Crippen molar-refractivity contribution in [2.24, 2.45) is 0 Å². The van der Waals surface area contributed by atoms with Crippen molar-refractivity contribution in [3.63, 3.8) is 0 Å². The summed E-state index contributed by atoms with van der Waals surface area (Å²) in [6.07, 6.45) is 7.55. The van der Waals surface area contributed by atoms with E-state index in [1.54, 1.807) is 0 Å². The van der Waals surface area contributed by atoms with E-state index in [2.05, 4.69) is 180 Å². The molecule has 1 aliphatic rings. The maximum absolute atomic E-state index is 5.46. The van der Waals surface area contributed by atoms with E-state index in [1.807, 2.05) is 36.9 Å². The molecule has 0 spiro atoms. The lowest BCUT2D eigenvalue weighted by Crippen LogP contribution is -2.66. The number of pyridine rings is 2. The Morgan fingerprint density at radius 2 is 1.12 bits per heavy atom. The smallest absolute Gasteiger partial charge is 0.171 e. The number of anilines is 1. The van der Waals surface area contributed by atoms with Gasteiger partial charge in [0, 0.05) is 47.0 Å². The molecule has 0 radical (unpaired) electrons. The highest BCUT2D eigenvalue weighted by Gasteiger charge is 2.65. The van der Waals surface area contributed by atoms with Gasteiger partial charge >= 0.3 is 0 Å². The van der Waals surface area contributed by atoms with Crippen molar-refractivity contribution in [2.45, 2.75) is 17.0 Å². The molecule has 4 aromatic heterocycles. The van der Waals surface area contributed by atoms with Gasteiger partial charge in [-0.25, -0.2) is 9.97 Å². The molecule has 6 aromatic carbocycles. The van der Waals surface area contributed by atoms with Crippen molar-refractivity contribution in [2.75, 3.05) is 4.90 Å². The number of aromatic nitrogens is 5. The highest BCUT2D eigenvalue weighted by atomic mass is 15.4. The Hall–Kier alpha value is -7.44. The summed E-state index contributed by atoms with van der Waals surface area (Å²) in [5.41, 5.74) is 4.84. The van der Waals surface area contributed by atoms with Crippen molar-refractivity contribution in [1.82, 2.24) is 24.9 Å². The first-order valence-electron chi connectivity index (χ1n) is 19.3. The van der Waals surface area contributed by atoms with Gasteiger partial charge in [0.1, 0.15) is 11.4 Å². The van der Waals surface area contributed by atoms with Gasteiger partial charge in [-0.15, -0.1) is 0 Å². The van der Waals surface area contributed by atoms with Crippen LogP contribution in [0.4, 0.5) is 5.82 Å². The molecule has 1 N–H and O–H groups in total.